The fourth-order valence-corrected chi connectivity index (χ4v) is 5.80. The molecule has 2 aliphatic rings. The van der Waals surface area contributed by atoms with Crippen molar-refractivity contribution in [2.24, 2.45) is 10.9 Å². The summed E-state index contributed by atoms with van der Waals surface area (Å²) in [6.45, 7) is 7.20. The van der Waals surface area contributed by atoms with Gasteiger partial charge in [0.25, 0.3) is 0 Å². The Balaban J connectivity index is 0.00000341. The molecular formula is C21H35IN4O4S. The molecule has 10 heteroatoms. The Morgan fingerprint density at radius 1 is 1.26 bits per heavy atom. The Labute approximate surface area is 203 Å². The standard InChI is InChI=1S/C21H34N4O4S.HI/c1-3-22-21(23-14-17-8-13-30(26,27)16-17)24-15-20(25-9-11-29-12-10-25)18-4-6-19(28-2)7-5-18;/h4-7,17,20H,3,8-16H2,1-2H3,(H2,22,23,24);1H. The van der Waals surface area contributed by atoms with Gasteiger partial charge < -0.3 is 20.1 Å². The van der Waals surface area contributed by atoms with Crippen LogP contribution in [-0.4, -0.2) is 83.8 Å². The molecule has 176 valence electrons. The minimum Gasteiger partial charge on any atom is -0.497 e. The molecule has 0 amide bonds. The van der Waals surface area contributed by atoms with E-state index in [9.17, 15) is 8.42 Å². The number of aliphatic imine (C=N–C) groups is 1. The highest BCUT2D eigenvalue weighted by Gasteiger charge is 2.28. The van der Waals surface area contributed by atoms with Gasteiger partial charge in [0.15, 0.2) is 15.8 Å². The topological polar surface area (TPSA) is 92.3 Å². The maximum atomic E-state index is 11.7. The van der Waals surface area contributed by atoms with Crippen LogP contribution in [0.2, 0.25) is 0 Å². The van der Waals surface area contributed by atoms with Gasteiger partial charge >= 0.3 is 0 Å². The quantitative estimate of drug-likeness (QED) is 0.281. The van der Waals surface area contributed by atoms with Crippen molar-refractivity contribution in [1.29, 1.82) is 0 Å². The van der Waals surface area contributed by atoms with Gasteiger partial charge in [-0.25, -0.2) is 8.42 Å². The van der Waals surface area contributed by atoms with Gasteiger partial charge in [0.2, 0.25) is 0 Å². The second kappa shape index (κ2) is 12.8. The zero-order valence-electron chi connectivity index (χ0n) is 18.4. The highest BCUT2D eigenvalue weighted by molar-refractivity contribution is 14.0. The Morgan fingerprint density at radius 2 is 1.97 bits per heavy atom. The van der Waals surface area contributed by atoms with Gasteiger partial charge in [0.05, 0.1) is 44.4 Å². The van der Waals surface area contributed by atoms with E-state index in [1.165, 1.54) is 5.56 Å². The van der Waals surface area contributed by atoms with Crippen molar-refractivity contribution in [3.8, 4) is 5.75 Å². The summed E-state index contributed by atoms with van der Waals surface area (Å²) in [6, 6.07) is 8.30. The van der Waals surface area contributed by atoms with E-state index < -0.39 is 9.84 Å². The number of rotatable bonds is 8. The molecule has 8 nitrogen and oxygen atoms in total. The van der Waals surface area contributed by atoms with Gasteiger partial charge in [-0.3, -0.25) is 9.89 Å². The molecule has 2 saturated heterocycles. The van der Waals surface area contributed by atoms with Crippen LogP contribution in [-0.2, 0) is 14.6 Å². The highest BCUT2D eigenvalue weighted by atomic mass is 127. The average Bonchev–Trinajstić information content (AvgIpc) is 3.12. The van der Waals surface area contributed by atoms with E-state index in [0.717, 1.165) is 51.0 Å². The molecule has 0 aliphatic carbocycles. The van der Waals surface area contributed by atoms with Crippen LogP contribution in [0.15, 0.2) is 29.3 Å². The summed E-state index contributed by atoms with van der Waals surface area (Å²) in [5.74, 6) is 2.28. The minimum atomic E-state index is -2.87. The van der Waals surface area contributed by atoms with Gasteiger partial charge in [0.1, 0.15) is 5.75 Å². The van der Waals surface area contributed by atoms with Gasteiger partial charge in [-0.05, 0) is 37.0 Å². The largest absolute Gasteiger partial charge is 0.497 e. The molecule has 0 radical (unpaired) electrons. The summed E-state index contributed by atoms with van der Waals surface area (Å²) >= 11 is 0. The molecule has 0 saturated carbocycles. The zero-order chi connectivity index (χ0) is 21.4. The number of methoxy groups -OCH3 is 1. The predicted octanol–water partition coefficient (Wildman–Crippen LogP) is 1.68. The number of hydrogen-bond donors (Lipinski definition) is 2. The fraction of sp³-hybridized carbons (Fsp3) is 0.667. The third kappa shape index (κ3) is 8.07. The Kier molecular flexibility index (Phi) is 10.8. The van der Waals surface area contributed by atoms with Crippen LogP contribution in [0.3, 0.4) is 0 Å². The number of halogens is 1. The number of nitrogens with one attached hydrogen (secondary N) is 2. The van der Waals surface area contributed by atoms with Crippen molar-refractivity contribution in [1.82, 2.24) is 15.5 Å². The van der Waals surface area contributed by atoms with E-state index in [1.54, 1.807) is 7.11 Å². The lowest BCUT2D eigenvalue weighted by molar-refractivity contribution is 0.0179. The van der Waals surface area contributed by atoms with Gasteiger partial charge in [-0.1, -0.05) is 12.1 Å². The highest BCUT2D eigenvalue weighted by Crippen LogP contribution is 2.24. The number of hydrogen-bond acceptors (Lipinski definition) is 6. The zero-order valence-corrected chi connectivity index (χ0v) is 21.5. The molecule has 1 aromatic rings. The minimum absolute atomic E-state index is 0. The summed E-state index contributed by atoms with van der Waals surface area (Å²) in [4.78, 5) is 7.24. The molecule has 2 fully saturated rings. The number of ether oxygens (including phenoxy) is 2. The molecule has 2 unspecified atom stereocenters. The molecule has 1 aromatic carbocycles. The van der Waals surface area contributed by atoms with Crippen molar-refractivity contribution >= 4 is 39.8 Å². The smallest absolute Gasteiger partial charge is 0.191 e. The lowest BCUT2D eigenvalue weighted by Gasteiger charge is -2.34. The number of morpholine rings is 1. The van der Waals surface area contributed by atoms with Crippen LogP contribution in [0.4, 0.5) is 0 Å². The van der Waals surface area contributed by atoms with Crippen LogP contribution >= 0.6 is 24.0 Å². The molecule has 2 heterocycles. The van der Waals surface area contributed by atoms with E-state index in [-0.39, 0.29) is 41.7 Å². The van der Waals surface area contributed by atoms with Gasteiger partial charge in [-0.2, -0.15) is 0 Å². The first-order chi connectivity index (χ1) is 14.5. The van der Waals surface area contributed by atoms with Crippen LogP contribution in [0.25, 0.3) is 0 Å². The average molecular weight is 567 g/mol. The monoisotopic (exact) mass is 566 g/mol. The van der Waals surface area contributed by atoms with Crippen molar-refractivity contribution in [2.45, 2.75) is 19.4 Å². The van der Waals surface area contributed by atoms with E-state index in [2.05, 4.69) is 27.7 Å². The maximum Gasteiger partial charge on any atom is 0.191 e. The summed E-state index contributed by atoms with van der Waals surface area (Å²) < 4.78 is 34.2. The first-order valence-corrected chi connectivity index (χ1v) is 12.5. The Morgan fingerprint density at radius 3 is 2.55 bits per heavy atom. The summed E-state index contributed by atoms with van der Waals surface area (Å²) in [7, 11) is -1.20. The Hall–Kier alpha value is -1.11. The molecule has 3 rings (SSSR count). The van der Waals surface area contributed by atoms with Crippen LogP contribution in [0.1, 0.15) is 24.9 Å². The van der Waals surface area contributed by atoms with Crippen LogP contribution in [0.5, 0.6) is 5.75 Å². The van der Waals surface area contributed by atoms with Crippen molar-refractivity contribution in [2.75, 3.05) is 64.6 Å². The third-order valence-electron chi connectivity index (χ3n) is 5.64. The number of nitrogens with zero attached hydrogens (tertiary/aromatic N) is 2. The molecule has 2 atom stereocenters. The van der Waals surface area contributed by atoms with E-state index in [1.807, 2.05) is 19.1 Å². The SMILES string of the molecule is CCNC(=NCC(c1ccc(OC)cc1)N1CCOCC1)NCC1CCS(=O)(=O)C1.I. The van der Waals surface area contributed by atoms with Crippen LogP contribution in [0, 0.1) is 5.92 Å². The molecule has 0 aromatic heterocycles. The molecule has 0 spiro atoms. The molecule has 2 N–H and O–H groups in total. The lowest BCUT2D eigenvalue weighted by Crippen LogP contribution is -2.42. The lowest BCUT2D eigenvalue weighted by atomic mass is 10.0. The van der Waals surface area contributed by atoms with Crippen molar-refractivity contribution in [3.63, 3.8) is 0 Å². The summed E-state index contributed by atoms with van der Waals surface area (Å²) in [5.41, 5.74) is 1.19. The van der Waals surface area contributed by atoms with Gasteiger partial charge in [0, 0.05) is 26.2 Å². The molecule has 0 bridgehead atoms. The van der Waals surface area contributed by atoms with Crippen molar-refractivity contribution < 1.29 is 17.9 Å². The molecule has 2 aliphatic heterocycles. The number of guanidine groups is 1. The first-order valence-electron chi connectivity index (χ1n) is 10.7. The van der Waals surface area contributed by atoms with Gasteiger partial charge in [-0.15, -0.1) is 24.0 Å². The normalized spacial score (nSPS) is 22.4. The van der Waals surface area contributed by atoms with E-state index >= 15 is 0 Å². The molecular weight excluding hydrogens is 531 g/mol. The second-order valence-corrected chi connectivity index (χ2v) is 10.0. The Bertz CT molecular complexity index is 798. The summed E-state index contributed by atoms with van der Waals surface area (Å²) in [6.07, 6.45) is 0.719. The fourth-order valence-electron chi connectivity index (χ4n) is 3.94. The molecule has 31 heavy (non-hydrogen) atoms. The second-order valence-electron chi connectivity index (χ2n) is 7.81. The third-order valence-corrected chi connectivity index (χ3v) is 7.48. The van der Waals surface area contributed by atoms with E-state index in [0.29, 0.717) is 18.8 Å². The maximum absolute atomic E-state index is 11.7. The number of benzene rings is 1. The predicted molar refractivity (Wildman–Crippen MR) is 134 cm³/mol. The summed E-state index contributed by atoms with van der Waals surface area (Å²) in [5, 5.41) is 6.62. The number of sulfone groups is 1. The van der Waals surface area contributed by atoms with Crippen molar-refractivity contribution in [3.05, 3.63) is 29.8 Å². The van der Waals surface area contributed by atoms with Crippen LogP contribution < -0.4 is 15.4 Å². The van der Waals surface area contributed by atoms with E-state index in [4.69, 9.17) is 14.5 Å². The first kappa shape index (κ1) is 26.1.